The molecule has 1 N–H and O–H groups in total. The molecule has 0 aromatic carbocycles. The van der Waals surface area contributed by atoms with Crippen LogP contribution in [0.4, 0.5) is 5.95 Å². The van der Waals surface area contributed by atoms with Gasteiger partial charge >= 0.3 is 0 Å². The summed E-state index contributed by atoms with van der Waals surface area (Å²) in [6, 6.07) is 1.44. The fourth-order valence-corrected chi connectivity index (χ4v) is 2.73. The van der Waals surface area contributed by atoms with E-state index in [4.69, 9.17) is 0 Å². The predicted octanol–water partition coefficient (Wildman–Crippen LogP) is 1.26. The summed E-state index contributed by atoms with van der Waals surface area (Å²) in [7, 11) is 4.33. The van der Waals surface area contributed by atoms with Crippen molar-refractivity contribution in [3.05, 3.63) is 18.0 Å². The largest absolute Gasteiger partial charge is 0.341 e. The number of anilines is 1. The lowest BCUT2D eigenvalue weighted by Crippen LogP contribution is -2.42. The third-order valence-corrected chi connectivity index (χ3v) is 4.34. The Morgan fingerprint density at radius 2 is 1.80 bits per heavy atom. The zero-order valence-electron chi connectivity index (χ0n) is 12.5. The van der Waals surface area contributed by atoms with Gasteiger partial charge in [0.2, 0.25) is 5.95 Å². The molecule has 20 heavy (non-hydrogen) atoms. The van der Waals surface area contributed by atoms with Crippen LogP contribution in [0.1, 0.15) is 31.2 Å². The van der Waals surface area contributed by atoms with Gasteiger partial charge in [0.25, 0.3) is 0 Å². The predicted molar refractivity (Wildman–Crippen MR) is 80.8 cm³/mol. The minimum atomic E-state index is 0.702. The molecule has 0 bridgehead atoms. The second-order valence-corrected chi connectivity index (χ2v) is 6.23. The third-order valence-electron chi connectivity index (χ3n) is 4.34. The first-order valence-corrected chi connectivity index (χ1v) is 7.68. The van der Waals surface area contributed by atoms with Gasteiger partial charge in [-0.25, -0.2) is 9.97 Å². The van der Waals surface area contributed by atoms with Crippen LogP contribution in [-0.4, -0.2) is 54.1 Å². The third kappa shape index (κ3) is 3.46. The first-order chi connectivity index (χ1) is 9.72. The van der Waals surface area contributed by atoms with Crippen LogP contribution in [-0.2, 0) is 6.54 Å². The zero-order valence-corrected chi connectivity index (χ0v) is 12.5. The fraction of sp³-hybridized carbons (Fsp3) is 0.733. The second kappa shape index (κ2) is 6.06. The lowest BCUT2D eigenvalue weighted by molar-refractivity contribution is 0.249. The fourth-order valence-electron chi connectivity index (χ4n) is 2.73. The molecule has 0 spiro atoms. The van der Waals surface area contributed by atoms with Gasteiger partial charge in [-0.05, 0) is 39.8 Å². The second-order valence-electron chi connectivity index (χ2n) is 6.23. The summed E-state index contributed by atoms with van der Waals surface area (Å²) in [5.41, 5.74) is 1.18. The van der Waals surface area contributed by atoms with Gasteiger partial charge in [0.15, 0.2) is 0 Å². The summed E-state index contributed by atoms with van der Waals surface area (Å²) >= 11 is 0. The van der Waals surface area contributed by atoms with E-state index in [0.29, 0.717) is 6.04 Å². The number of nitrogens with zero attached hydrogens (tertiary/aromatic N) is 4. The van der Waals surface area contributed by atoms with E-state index in [1.165, 1.54) is 31.2 Å². The Bertz CT molecular complexity index is 418. The Morgan fingerprint density at radius 3 is 2.35 bits per heavy atom. The van der Waals surface area contributed by atoms with Gasteiger partial charge in [-0.1, -0.05) is 0 Å². The quantitative estimate of drug-likeness (QED) is 0.876. The van der Waals surface area contributed by atoms with E-state index in [2.05, 4.69) is 39.2 Å². The van der Waals surface area contributed by atoms with Crippen LogP contribution < -0.4 is 10.2 Å². The Labute approximate surface area is 121 Å². The van der Waals surface area contributed by atoms with Crippen molar-refractivity contribution in [2.24, 2.45) is 0 Å². The van der Waals surface area contributed by atoms with Crippen LogP contribution in [0.15, 0.2) is 12.4 Å². The van der Waals surface area contributed by atoms with Crippen molar-refractivity contribution in [2.45, 2.75) is 44.3 Å². The molecule has 1 aromatic heterocycles. The molecule has 5 nitrogen and oxygen atoms in total. The molecule has 1 saturated heterocycles. The zero-order chi connectivity index (χ0) is 13.9. The van der Waals surface area contributed by atoms with Gasteiger partial charge in [-0.2, -0.15) is 0 Å². The molecule has 0 unspecified atom stereocenters. The van der Waals surface area contributed by atoms with Crippen molar-refractivity contribution in [3.63, 3.8) is 0 Å². The molecule has 0 radical (unpaired) electrons. The highest BCUT2D eigenvalue weighted by atomic mass is 15.3. The maximum Gasteiger partial charge on any atom is 0.225 e. The summed E-state index contributed by atoms with van der Waals surface area (Å²) in [6.07, 6.45) is 8.97. The molecule has 2 aliphatic rings. The van der Waals surface area contributed by atoms with E-state index in [1.807, 2.05) is 12.4 Å². The van der Waals surface area contributed by atoms with E-state index < -0.39 is 0 Å². The molecule has 5 heteroatoms. The van der Waals surface area contributed by atoms with Crippen LogP contribution >= 0.6 is 0 Å². The van der Waals surface area contributed by atoms with E-state index in [1.54, 1.807) is 0 Å². The van der Waals surface area contributed by atoms with E-state index in [-0.39, 0.29) is 0 Å². The maximum atomic E-state index is 4.53. The summed E-state index contributed by atoms with van der Waals surface area (Å²) in [5, 5.41) is 3.49. The van der Waals surface area contributed by atoms with Crippen molar-refractivity contribution in [1.82, 2.24) is 20.2 Å². The first-order valence-electron chi connectivity index (χ1n) is 7.68. The molecular weight excluding hydrogens is 250 g/mol. The van der Waals surface area contributed by atoms with Gasteiger partial charge in [-0.3, -0.25) is 0 Å². The van der Waals surface area contributed by atoms with E-state index in [0.717, 1.165) is 31.6 Å². The van der Waals surface area contributed by atoms with Gasteiger partial charge in [-0.15, -0.1) is 0 Å². The summed E-state index contributed by atoms with van der Waals surface area (Å²) in [6.45, 7) is 3.01. The average molecular weight is 275 g/mol. The van der Waals surface area contributed by atoms with Gasteiger partial charge in [0, 0.05) is 49.7 Å². The van der Waals surface area contributed by atoms with Crippen LogP contribution in [0.3, 0.4) is 0 Å². The van der Waals surface area contributed by atoms with Crippen molar-refractivity contribution in [1.29, 1.82) is 0 Å². The highest BCUT2D eigenvalue weighted by Crippen LogP contribution is 2.20. The van der Waals surface area contributed by atoms with Crippen molar-refractivity contribution in [3.8, 4) is 0 Å². The normalized spacial score (nSPS) is 20.6. The van der Waals surface area contributed by atoms with Crippen LogP contribution in [0.5, 0.6) is 0 Å². The molecule has 1 aromatic rings. The maximum absolute atomic E-state index is 4.53. The Kier molecular flexibility index (Phi) is 4.17. The summed E-state index contributed by atoms with van der Waals surface area (Å²) in [5.74, 6) is 0.886. The number of rotatable bonds is 5. The SMILES string of the molecule is CN(C)C1CCN(c2ncc(CNC3CC3)cn2)CC1. The molecule has 1 saturated carbocycles. The minimum Gasteiger partial charge on any atom is -0.341 e. The number of nitrogens with one attached hydrogen (secondary N) is 1. The highest BCUT2D eigenvalue weighted by Gasteiger charge is 2.22. The van der Waals surface area contributed by atoms with Crippen LogP contribution in [0.25, 0.3) is 0 Å². The topological polar surface area (TPSA) is 44.3 Å². The molecule has 0 amide bonds. The lowest BCUT2D eigenvalue weighted by Gasteiger charge is -2.35. The molecule has 1 aliphatic carbocycles. The molecular formula is C15H25N5. The van der Waals surface area contributed by atoms with Gasteiger partial charge in [0.1, 0.15) is 0 Å². The molecule has 2 fully saturated rings. The number of piperidine rings is 1. The average Bonchev–Trinajstić information content (AvgIpc) is 3.30. The standard InChI is InChI=1S/C15H25N5/c1-19(2)14-5-7-20(8-6-14)15-17-10-12(11-18-15)9-16-13-3-4-13/h10-11,13-14,16H,3-9H2,1-2H3. The van der Waals surface area contributed by atoms with E-state index >= 15 is 0 Å². The molecule has 3 rings (SSSR count). The molecule has 110 valence electrons. The van der Waals surface area contributed by atoms with Gasteiger partial charge in [0.05, 0.1) is 0 Å². The van der Waals surface area contributed by atoms with Crippen molar-refractivity contribution >= 4 is 5.95 Å². The van der Waals surface area contributed by atoms with Crippen molar-refractivity contribution < 1.29 is 0 Å². The van der Waals surface area contributed by atoms with Gasteiger partial charge < -0.3 is 15.1 Å². The lowest BCUT2D eigenvalue weighted by atomic mass is 10.0. The molecule has 2 heterocycles. The Morgan fingerprint density at radius 1 is 1.15 bits per heavy atom. The minimum absolute atomic E-state index is 0.702. The number of aromatic nitrogens is 2. The first kappa shape index (κ1) is 13.8. The van der Waals surface area contributed by atoms with Crippen LogP contribution in [0, 0.1) is 0 Å². The Hall–Kier alpha value is -1.20. The number of hydrogen-bond donors (Lipinski definition) is 1. The van der Waals surface area contributed by atoms with Crippen LogP contribution in [0.2, 0.25) is 0 Å². The van der Waals surface area contributed by atoms with Crippen molar-refractivity contribution in [2.75, 3.05) is 32.1 Å². The molecule has 1 aliphatic heterocycles. The highest BCUT2D eigenvalue weighted by molar-refractivity contribution is 5.30. The number of hydrogen-bond acceptors (Lipinski definition) is 5. The summed E-state index contributed by atoms with van der Waals surface area (Å²) in [4.78, 5) is 13.7. The smallest absolute Gasteiger partial charge is 0.225 e. The van der Waals surface area contributed by atoms with E-state index in [9.17, 15) is 0 Å². The monoisotopic (exact) mass is 275 g/mol. The molecule has 0 atom stereocenters. The Balaban J connectivity index is 1.52. The summed E-state index contributed by atoms with van der Waals surface area (Å²) < 4.78 is 0.